The first-order valence-electron chi connectivity index (χ1n) is 4.20. The Hall–Kier alpha value is -1.06. The fraction of sp³-hybridized carbons (Fsp3) is 0.400. The molecule has 0 saturated heterocycles. The molecule has 0 N–H and O–H groups in total. The van der Waals surface area contributed by atoms with Crippen LogP contribution in [0.4, 0.5) is 17.6 Å². The summed E-state index contributed by atoms with van der Waals surface area (Å²) in [6.45, 7) is 3.30. The van der Waals surface area contributed by atoms with Gasteiger partial charge in [-0.3, -0.25) is 0 Å². The summed E-state index contributed by atoms with van der Waals surface area (Å²) in [5.41, 5.74) is -0.280. The summed E-state index contributed by atoms with van der Waals surface area (Å²) < 4.78 is 50.3. The van der Waals surface area contributed by atoms with Gasteiger partial charge in [-0.25, -0.2) is 17.6 Å². The van der Waals surface area contributed by atoms with Crippen molar-refractivity contribution in [3.8, 4) is 0 Å². The van der Waals surface area contributed by atoms with E-state index >= 15 is 0 Å². The molecule has 0 heterocycles. The van der Waals surface area contributed by atoms with Crippen molar-refractivity contribution in [3.05, 3.63) is 34.9 Å². The molecule has 0 saturated carbocycles. The van der Waals surface area contributed by atoms with Gasteiger partial charge in [-0.05, 0) is 23.6 Å². The number of halogens is 4. The van der Waals surface area contributed by atoms with Crippen LogP contribution in [0.1, 0.15) is 37.3 Å². The Morgan fingerprint density at radius 3 is 1.71 bits per heavy atom. The Morgan fingerprint density at radius 1 is 0.929 bits per heavy atom. The molecule has 0 nitrogen and oxygen atoms in total. The van der Waals surface area contributed by atoms with E-state index in [9.17, 15) is 17.6 Å². The standard InChI is InChI=1S/C10H10F4/c1-5(2)6-3-8(11)9(12)4-7(6)10(13)14/h3-5,10H,1-2H3. The SMILES string of the molecule is CC(C)c1cc(F)c(F)cc1C(F)F. The van der Waals surface area contributed by atoms with Gasteiger partial charge in [-0.1, -0.05) is 13.8 Å². The van der Waals surface area contributed by atoms with Gasteiger partial charge in [0.2, 0.25) is 0 Å². The van der Waals surface area contributed by atoms with Gasteiger partial charge in [0.15, 0.2) is 11.6 Å². The highest BCUT2D eigenvalue weighted by molar-refractivity contribution is 5.32. The van der Waals surface area contributed by atoms with Gasteiger partial charge in [0, 0.05) is 5.56 Å². The van der Waals surface area contributed by atoms with Crippen molar-refractivity contribution in [3.63, 3.8) is 0 Å². The highest BCUT2D eigenvalue weighted by Crippen LogP contribution is 2.30. The van der Waals surface area contributed by atoms with Crippen LogP contribution < -0.4 is 0 Å². The average Bonchev–Trinajstić information content (AvgIpc) is 2.08. The normalized spacial score (nSPS) is 11.4. The lowest BCUT2D eigenvalue weighted by Crippen LogP contribution is -2.00. The van der Waals surface area contributed by atoms with Crippen LogP contribution in [0.15, 0.2) is 12.1 Å². The van der Waals surface area contributed by atoms with Crippen molar-refractivity contribution in [2.75, 3.05) is 0 Å². The molecule has 1 aromatic carbocycles. The second-order valence-corrected chi connectivity index (χ2v) is 3.35. The molecule has 0 aliphatic rings. The first-order chi connectivity index (χ1) is 6.43. The number of hydrogen-bond donors (Lipinski definition) is 0. The first-order valence-corrected chi connectivity index (χ1v) is 4.20. The summed E-state index contributed by atoms with van der Waals surface area (Å²) in [6.07, 6.45) is -2.78. The van der Waals surface area contributed by atoms with Crippen molar-refractivity contribution in [2.24, 2.45) is 0 Å². The van der Waals surface area contributed by atoms with E-state index in [-0.39, 0.29) is 11.5 Å². The van der Waals surface area contributed by atoms with E-state index in [0.717, 1.165) is 6.07 Å². The van der Waals surface area contributed by atoms with E-state index in [0.29, 0.717) is 6.07 Å². The van der Waals surface area contributed by atoms with E-state index in [1.165, 1.54) is 0 Å². The lowest BCUT2D eigenvalue weighted by Gasteiger charge is -2.12. The van der Waals surface area contributed by atoms with E-state index in [1.807, 2.05) is 0 Å². The molecular weight excluding hydrogens is 196 g/mol. The van der Waals surface area contributed by atoms with E-state index in [4.69, 9.17) is 0 Å². The maximum absolute atomic E-state index is 12.8. The molecule has 0 unspecified atom stereocenters. The zero-order valence-corrected chi connectivity index (χ0v) is 7.82. The third kappa shape index (κ3) is 2.05. The van der Waals surface area contributed by atoms with Crippen LogP contribution in [0, 0.1) is 11.6 Å². The third-order valence-corrected chi connectivity index (χ3v) is 1.98. The summed E-state index contributed by atoms with van der Waals surface area (Å²) in [6, 6.07) is 1.40. The van der Waals surface area contributed by atoms with Crippen LogP contribution in [-0.2, 0) is 0 Å². The largest absolute Gasteiger partial charge is 0.264 e. The molecule has 0 aliphatic heterocycles. The fourth-order valence-corrected chi connectivity index (χ4v) is 1.27. The number of alkyl halides is 2. The van der Waals surface area contributed by atoms with Gasteiger partial charge in [0.05, 0.1) is 0 Å². The molecule has 1 aromatic rings. The minimum atomic E-state index is -2.78. The van der Waals surface area contributed by atoms with Crippen LogP contribution in [0.3, 0.4) is 0 Å². The average molecular weight is 206 g/mol. The Balaban J connectivity index is 3.31. The molecule has 0 aromatic heterocycles. The van der Waals surface area contributed by atoms with Crippen molar-refractivity contribution in [1.29, 1.82) is 0 Å². The zero-order valence-electron chi connectivity index (χ0n) is 7.82. The molecule has 78 valence electrons. The van der Waals surface area contributed by atoms with E-state index in [2.05, 4.69) is 0 Å². The van der Waals surface area contributed by atoms with Crippen molar-refractivity contribution >= 4 is 0 Å². The van der Waals surface area contributed by atoms with Gasteiger partial charge in [-0.2, -0.15) is 0 Å². The minimum Gasteiger partial charge on any atom is -0.205 e. The molecule has 4 heteroatoms. The third-order valence-electron chi connectivity index (χ3n) is 1.98. The van der Waals surface area contributed by atoms with Crippen molar-refractivity contribution in [2.45, 2.75) is 26.2 Å². The predicted molar refractivity (Wildman–Crippen MR) is 45.4 cm³/mol. The molecule has 0 spiro atoms. The maximum Gasteiger partial charge on any atom is 0.264 e. The molecule has 0 fully saturated rings. The molecule has 14 heavy (non-hydrogen) atoms. The second kappa shape index (κ2) is 3.98. The molecular formula is C10H10F4. The Kier molecular flexibility index (Phi) is 3.13. The van der Waals surface area contributed by atoms with Crippen LogP contribution in [-0.4, -0.2) is 0 Å². The number of benzene rings is 1. The smallest absolute Gasteiger partial charge is 0.205 e. The highest BCUT2D eigenvalue weighted by atomic mass is 19.3. The van der Waals surface area contributed by atoms with Crippen LogP contribution in [0.5, 0.6) is 0 Å². The highest BCUT2D eigenvalue weighted by Gasteiger charge is 2.18. The molecule has 0 bridgehead atoms. The Labute approximate surface area is 79.6 Å². The summed E-state index contributed by atoms with van der Waals surface area (Å²) in [4.78, 5) is 0. The molecule has 0 radical (unpaired) electrons. The Morgan fingerprint density at radius 2 is 1.36 bits per heavy atom. The first kappa shape index (κ1) is 11.0. The monoisotopic (exact) mass is 206 g/mol. The van der Waals surface area contributed by atoms with Crippen molar-refractivity contribution in [1.82, 2.24) is 0 Å². The van der Waals surface area contributed by atoms with Crippen LogP contribution in [0.2, 0.25) is 0 Å². The van der Waals surface area contributed by atoms with E-state index in [1.54, 1.807) is 13.8 Å². The summed E-state index contributed by atoms with van der Waals surface area (Å²) in [7, 11) is 0. The lowest BCUT2D eigenvalue weighted by molar-refractivity contribution is 0.149. The predicted octanol–water partition coefficient (Wildman–Crippen LogP) is 4.03. The lowest BCUT2D eigenvalue weighted by atomic mass is 9.97. The Bertz CT molecular complexity index is 298. The number of hydrogen-bond acceptors (Lipinski definition) is 0. The summed E-state index contributed by atoms with van der Waals surface area (Å²) in [5.74, 6) is -2.57. The van der Waals surface area contributed by atoms with Crippen LogP contribution >= 0.6 is 0 Å². The van der Waals surface area contributed by atoms with Gasteiger partial charge in [-0.15, -0.1) is 0 Å². The quantitative estimate of drug-likeness (QED) is 0.641. The second-order valence-electron chi connectivity index (χ2n) is 3.35. The van der Waals surface area contributed by atoms with Gasteiger partial charge in [0.25, 0.3) is 6.43 Å². The summed E-state index contributed by atoms with van der Waals surface area (Å²) >= 11 is 0. The molecule has 0 amide bonds. The van der Waals surface area contributed by atoms with Gasteiger partial charge in [0.1, 0.15) is 0 Å². The topological polar surface area (TPSA) is 0 Å². The van der Waals surface area contributed by atoms with Crippen LogP contribution in [0.25, 0.3) is 0 Å². The fourth-order valence-electron chi connectivity index (χ4n) is 1.27. The number of rotatable bonds is 2. The zero-order chi connectivity index (χ0) is 10.9. The molecule has 0 atom stereocenters. The molecule has 1 rings (SSSR count). The minimum absolute atomic E-state index is 0.152. The van der Waals surface area contributed by atoms with Gasteiger partial charge >= 0.3 is 0 Å². The van der Waals surface area contributed by atoms with E-state index < -0.39 is 23.6 Å². The molecule has 0 aliphatic carbocycles. The summed E-state index contributed by atoms with van der Waals surface area (Å²) in [5, 5.41) is 0. The maximum atomic E-state index is 12.8. The van der Waals surface area contributed by atoms with Crippen molar-refractivity contribution < 1.29 is 17.6 Å². The van der Waals surface area contributed by atoms with Gasteiger partial charge < -0.3 is 0 Å².